The fourth-order valence-corrected chi connectivity index (χ4v) is 2.17. The van der Waals surface area contributed by atoms with Gasteiger partial charge in [0.25, 0.3) is 0 Å². The van der Waals surface area contributed by atoms with Crippen LogP contribution in [0.1, 0.15) is 17.3 Å². The molecule has 1 aromatic heterocycles. The number of hydrogen-bond donors (Lipinski definition) is 0. The van der Waals surface area contributed by atoms with Gasteiger partial charge in [-0.2, -0.15) is 0 Å². The summed E-state index contributed by atoms with van der Waals surface area (Å²) in [5.74, 6) is -0.686. The summed E-state index contributed by atoms with van der Waals surface area (Å²) < 4.78 is 32.1. The molecule has 0 unspecified atom stereocenters. The SMILES string of the molecule is CC(=O)c1ccc(F)cc1-c1cc2cc(F)ccc2o1. The van der Waals surface area contributed by atoms with Crippen molar-refractivity contribution in [3.8, 4) is 11.3 Å². The van der Waals surface area contributed by atoms with Crippen LogP contribution in [0.25, 0.3) is 22.3 Å². The summed E-state index contributed by atoms with van der Waals surface area (Å²) in [7, 11) is 0. The van der Waals surface area contributed by atoms with Gasteiger partial charge in [0.1, 0.15) is 23.0 Å². The normalized spacial score (nSPS) is 10.9. The summed E-state index contributed by atoms with van der Waals surface area (Å²) in [6.07, 6.45) is 0. The molecule has 0 aliphatic rings. The fraction of sp³-hybridized carbons (Fsp3) is 0.0625. The number of furan rings is 1. The second-order valence-corrected chi connectivity index (χ2v) is 4.54. The van der Waals surface area contributed by atoms with Gasteiger partial charge in [-0.1, -0.05) is 0 Å². The molecule has 100 valence electrons. The van der Waals surface area contributed by atoms with Gasteiger partial charge in [-0.15, -0.1) is 0 Å². The first-order chi connectivity index (χ1) is 9.54. The Morgan fingerprint density at radius 3 is 2.45 bits per heavy atom. The van der Waals surface area contributed by atoms with Crippen LogP contribution in [-0.2, 0) is 0 Å². The summed E-state index contributed by atoms with van der Waals surface area (Å²) in [4.78, 5) is 11.6. The van der Waals surface area contributed by atoms with Crippen molar-refractivity contribution in [2.45, 2.75) is 6.92 Å². The molecule has 2 aromatic carbocycles. The summed E-state index contributed by atoms with van der Waals surface area (Å²) >= 11 is 0. The summed E-state index contributed by atoms with van der Waals surface area (Å²) in [5, 5.41) is 0.568. The van der Waals surface area contributed by atoms with E-state index in [1.54, 1.807) is 6.07 Å². The molecular weight excluding hydrogens is 262 g/mol. The van der Waals surface area contributed by atoms with Gasteiger partial charge >= 0.3 is 0 Å². The molecule has 0 N–H and O–H groups in total. The lowest BCUT2D eigenvalue weighted by Crippen LogP contribution is -1.96. The van der Waals surface area contributed by atoms with Crippen molar-refractivity contribution < 1.29 is 18.0 Å². The van der Waals surface area contributed by atoms with Crippen LogP contribution in [0.5, 0.6) is 0 Å². The fourth-order valence-electron chi connectivity index (χ4n) is 2.17. The standard InChI is InChI=1S/C16H10F2O2/c1-9(19)13-4-2-12(18)8-14(13)16-7-10-6-11(17)3-5-15(10)20-16/h2-8H,1H3. The van der Waals surface area contributed by atoms with Crippen LogP contribution in [0.2, 0.25) is 0 Å². The maximum atomic E-state index is 13.4. The number of hydrogen-bond acceptors (Lipinski definition) is 2. The van der Waals surface area contributed by atoms with Crippen LogP contribution < -0.4 is 0 Å². The Labute approximate surface area is 113 Å². The zero-order valence-electron chi connectivity index (χ0n) is 10.6. The van der Waals surface area contributed by atoms with E-state index in [2.05, 4.69) is 0 Å². The van der Waals surface area contributed by atoms with Crippen LogP contribution in [0.3, 0.4) is 0 Å². The number of fused-ring (bicyclic) bond motifs is 1. The number of carbonyl (C=O) groups is 1. The molecule has 0 saturated carbocycles. The molecule has 0 radical (unpaired) electrons. The second-order valence-electron chi connectivity index (χ2n) is 4.54. The van der Waals surface area contributed by atoms with Crippen molar-refractivity contribution in [3.05, 3.63) is 59.7 Å². The first-order valence-electron chi connectivity index (χ1n) is 6.04. The Balaban J connectivity index is 2.24. The predicted octanol–water partition coefficient (Wildman–Crippen LogP) is 4.58. The van der Waals surface area contributed by atoms with Gasteiger partial charge in [0.2, 0.25) is 0 Å². The van der Waals surface area contributed by atoms with Crippen molar-refractivity contribution in [3.63, 3.8) is 0 Å². The molecule has 0 atom stereocenters. The molecule has 0 spiro atoms. The number of halogens is 2. The molecule has 0 saturated heterocycles. The largest absolute Gasteiger partial charge is 0.456 e. The highest BCUT2D eigenvalue weighted by Gasteiger charge is 2.14. The molecular formula is C16H10F2O2. The van der Waals surface area contributed by atoms with Crippen molar-refractivity contribution in [1.29, 1.82) is 0 Å². The highest BCUT2D eigenvalue weighted by atomic mass is 19.1. The Morgan fingerprint density at radius 1 is 1.00 bits per heavy atom. The van der Waals surface area contributed by atoms with E-state index < -0.39 is 5.82 Å². The minimum absolute atomic E-state index is 0.188. The van der Waals surface area contributed by atoms with E-state index in [0.717, 1.165) is 0 Å². The first-order valence-corrected chi connectivity index (χ1v) is 6.04. The minimum atomic E-state index is -0.461. The highest BCUT2D eigenvalue weighted by Crippen LogP contribution is 2.31. The quantitative estimate of drug-likeness (QED) is 0.639. The number of Topliss-reactive ketones (excluding diaryl/α,β-unsaturated/α-hetero) is 1. The first kappa shape index (κ1) is 12.5. The summed E-state index contributed by atoms with van der Waals surface area (Å²) in [6.45, 7) is 1.40. The van der Waals surface area contributed by atoms with Gasteiger partial charge in [0, 0.05) is 16.5 Å². The maximum absolute atomic E-state index is 13.4. The van der Waals surface area contributed by atoms with Crippen LogP contribution in [0.15, 0.2) is 46.9 Å². The van der Waals surface area contributed by atoms with E-state index in [-0.39, 0.29) is 11.6 Å². The zero-order chi connectivity index (χ0) is 14.3. The van der Waals surface area contributed by atoms with Crippen LogP contribution in [-0.4, -0.2) is 5.78 Å². The third kappa shape index (κ3) is 2.09. The van der Waals surface area contributed by atoms with Crippen molar-refractivity contribution in [2.24, 2.45) is 0 Å². The maximum Gasteiger partial charge on any atom is 0.160 e. The second kappa shape index (κ2) is 4.56. The van der Waals surface area contributed by atoms with Crippen LogP contribution >= 0.6 is 0 Å². The molecule has 2 nitrogen and oxygen atoms in total. The van der Waals surface area contributed by atoms with E-state index >= 15 is 0 Å². The number of ketones is 1. The van der Waals surface area contributed by atoms with Crippen LogP contribution in [0, 0.1) is 11.6 Å². The Hall–Kier alpha value is -2.49. The Bertz CT molecular complexity index is 818. The molecule has 20 heavy (non-hydrogen) atoms. The van der Waals surface area contributed by atoms with Gasteiger partial charge in [-0.25, -0.2) is 8.78 Å². The topological polar surface area (TPSA) is 30.2 Å². The van der Waals surface area contributed by atoms with E-state index in [1.807, 2.05) is 0 Å². The average Bonchev–Trinajstić information content (AvgIpc) is 2.81. The Morgan fingerprint density at radius 2 is 1.70 bits per heavy atom. The summed E-state index contributed by atoms with van der Waals surface area (Å²) in [6, 6.07) is 9.59. The predicted molar refractivity (Wildman–Crippen MR) is 71.6 cm³/mol. The highest BCUT2D eigenvalue weighted by molar-refractivity contribution is 6.01. The zero-order valence-corrected chi connectivity index (χ0v) is 10.6. The lowest BCUT2D eigenvalue weighted by molar-refractivity contribution is 0.101. The molecule has 0 fully saturated rings. The summed E-state index contributed by atoms with van der Waals surface area (Å²) in [5.41, 5.74) is 1.22. The van der Waals surface area contributed by atoms with Crippen molar-refractivity contribution in [1.82, 2.24) is 0 Å². The molecule has 3 aromatic rings. The molecule has 4 heteroatoms. The lowest BCUT2D eigenvalue weighted by Gasteiger charge is -2.03. The Kier molecular flexibility index (Phi) is 2.86. The molecule has 0 aliphatic carbocycles. The number of benzene rings is 2. The molecule has 0 bridgehead atoms. The third-order valence-corrected chi connectivity index (χ3v) is 3.10. The van der Waals surface area contributed by atoms with E-state index in [0.29, 0.717) is 27.9 Å². The molecule has 0 amide bonds. The average molecular weight is 272 g/mol. The lowest BCUT2D eigenvalue weighted by atomic mass is 10.0. The van der Waals surface area contributed by atoms with Crippen molar-refractivity contribution in [2.75, 3.05) is 0 Å². The van der Waals surface area contributed by atoms with Crippen LogP contribution in [0.4, 0.5) is 8.78 Å². The van der Waals surface area contributed by atoms with Crippen molar-refractivity contribution >= 4 is 16.8 Å². The molecule has 1 heterocycles. The van der Waals surface area contributed by atoms with Gasteiger partial charge in [-0.05, 0) is 49.4 Å². The molecule has 0 aliphatic heterocycles. The van der Waals surface area contributed by atoms with Gasteiger partial charge in [0.15, 0.2) is 5.78 Å². The monoisotopic (exact) mass is 272 g/mol. The third-order valence-electron chi connectivity index (χ3n) is 3.10. The minimum Gasteiger partial charge on any atom is -0.456 e. The van der Waals surface area contributed by atoms with E-state index in [9.17, 15) is 13.6 Å². The van der Waals surface area contributed by atoms with E-state index in [1.165, 1.54) is 43.3 Å². The number of rotatable bonds is 2. The van der Waals surface area contributed by atoms with Gasteiger partial charge in [-0.3, -0.25) is 4.79 Å². The van der Waals surface area contributed by atoms with Gasteiger partial charge < -0.3 is 4.42 Å². The van der Waals surface area contributed by atoms with Gasteiger partial charge in [0.05, 0.1) is 0 Å². The van der Waals surface area contributed by atoms with E-state index in [4.69, 9.17) is 4.42 Å². The molecule has 3 rings (SSSR count). The smallest absolute Gasteiger partial charge is 0.160 e. The number of carbonyl (C=O) groups excluding carboxylic acids is 1.